The second-order valence-electron chi connectivity index (χ2n) is 5.07. The summed E-state index contributed by atoms with van der Waals surface area (Å²) in [5, 5.41) is 3.68. The van der Waals surface area contributed by atoms with Crippen molar-refractivity contribution in [3.8, 4) is 5.75 Å². The molecule has 2 rings (SSSR count). The molecular weight excluding hydrogens is 226 g/mol. The Hall–Kier alpha value is -1.06. The van der Waals surface area contributed by atoms with Crippen LogP contribution in [0, 0.1) is 0 Å². The van der Waals surface area contributed by atoms with E-state index < -0.39 is 0 Å². The summed E-state index contributed by atoms with van der Waals surface area (Å²) in [6.45, 7) is 5.21. The molecule has 3 nitrogen and oxygen atoms in total. The summed E-state index contributed by atoms with van der Waals surface area (Å²) in [6.07, 6.45) is 2.56. The molecule has 0 spiro atoms. The maximum atomic E-state index is 5.57. The van der Waals surface area contributed by atoms with Crippen LogP contribution < -0.4 is 10.1 Å². The quantitative estimate of drug-likeness (QED) is 0.890. The molecule has 0 aliphatic carbocycles. The predicted molar refractivity (Wildman–Crippen MR) is 73.0 cm³/mol. The summed E-state index contributed by atoms with van der Waals surface area (Å²) in [4.78, 5) is 0. The Morgan fingerprint density at radius 1 is 1.44 bits per heavy atom. The first-order valence-corrected chi connectivity index (χ1v) is 6.70. The maximum Gasteiger partial charge on any atom is 0.119 e. The van der Waals surface area contributed by atoms with Gasteiger partial charge in [0.05, 0.1) is 13.2 Å². The molecular formula is C15H23NO2. The lowest BCUT2D eigenvalue weighted by Gasteiger charge is -2.30. The fourth-order valence-electron chi connectivity index (χ4n) is 2.51. The monoisotopic (exact) mass is 249 g/mol. The molecule has 0 amide bonds. The molecule has 1 N–H and O–H groups in total. The standard InChI is InChI=1S/C15H23NO2/c1-11-9-14(7-8-18-11)16-12(2)13-5-4-6-15(10-13)17-3/h4-6,10-12,14,16H,7-9H2,1-3H3/t11?,12-,14?/m1/s1. The van der Waals surface area contributed by atoms with Crippen molar-refractivity contribution >= 4 is 0 Å². The third-order valence-corrected chi connectivity index (χ3v) is 3.56. The van der Waals surface area contributed by atoms with Crippen LogP contribution in [0.1, 0.15) is 38.3 Å². The van der Waals surface area contributed by atoms with Crippen LogP contribution in [0.3, 0.4) is 0 Å². The lowest BCUT2D eigenvalue weighted by molar-refractivity contribution is 0.0116. The van der Waals surface area contributed by atoms with E-state index in [0.717, 1.165) is 25.2 Å². The normalized spacial score (nSPS) is 25.7. The summed E-state index contributed by atoms with van der Waals surface area (Å²) in [7, 11) is 1.71. The Morgan fingerprint density at radius 3 is 3.00 bits per heavy atom. The minimum Gasteiger partial charge on any atom is -0.497 e. The van der Waals surface area contributed by atoms with Crippen molar-refractivity contribution in [3.05, 3.63) is 29.8 Å². The highest BCUT2D eigenvalue weighted by Crippen LogP contribution is 2.21. The Kier molecular flexibility index (Phi) is 4.61. The van der Waals surface area contributed by atoms with E-state index in [1.165, 1.54) is 5.56 Å². The van der Waals surface area contributed by atoms with E-state index in [1.54, 1.807) is 7.11 Å². The number of benzene rings is 1. The largest absolute Gasteiger partial charge is 0.497 e. The topological polar surface area (TPSA) is 30.5 Å². The molecule has 1 heterocycles. The lowest BCUT2D eigenvalue weighted by Crippen LogP contribution is -2.39. The zero-order chi connectivity index (χ0) is 13.0. The molecule has 0 saturated carbocycles. The number of nitrogens with one attached hydrogen (secondary N) is 1. The van der Waals surface area contributed by atoms with E-state index in [0.29, 0.717) is 18.2 Å². The van der Waals surface area contributed by atoms with E-state index in [-0.39, 0.29) is 0 Å². The van der Waals surface area contributed by atoms with Crippen molar-refractivity contribution in [3.63, 3.8) is 0 Å². The highest BCUT2D eigenvalue weighted by Gasteiger charge is 2.21. The summed E-state index contributed by atoms with van der Waals surface area (Å²) in [5.74, 6) is 0.918. The van der Waals surface area contributed by atoms with Crippen LogP contribution >= 0.6 is 0 Å². The van der Waals surface area contributed by atoms with E-state index in [2.05, 4.69) is 31.3 Å². The van der Waals surface area contributed by atoms with Gasteiger partial charge < -0.3 is 14.8 Å². The van der Waals surface area contributed by atoms with Crippen LogP contribution in [-0.4, -0.2) is 25.9 Å². The smallest absolute Gasteiger partial charge is 0.119 e. The second-order valence-corrected chi connectivity index (χ2v) is 5.07. The third-order valence-electron chi connectivity index (χ3n) is 3.56. The van der Waals surface area contributed by atoms with Crippen molar-refractivity contribution in [1.82, 2.24) is 5.32 Å². The van der Waals surface area contributed by atoms with Crippen molar-refractivity contribution in [1.29, 1.82) is 0 Å². The highest BCUT2D eigenvalue weighted by molar-refractivity contribution is 5.30. The molecule has 3 atom stereocenters. The second kappa shape index (κ2) is 6.21. The summed E-state index contributed by atoms with van der Waals surface area (Å²) >= 11 is 0. The van der Waals surface area contributed by atoms with Crippen molar-refractivity contribution < 1.29 is 9.47 Å². The Balaban J connectivity index is 1.95. The van der Waals surface area contributed by atoms with Crippen LogP contribution in [0.15, 0.2) is 24.3 Å². The van der Waals surface area contributed by atoms with Gasteiger partial charge >= 0.3 is 0 Å². The zero-order valence-corrected chi connectivity index (χ0v) is 11.5. The van der Waals surface area contributed by atoms with Crippen LogP contribution in [0.25, 0.3) is 0 Å². The highest BCUT2D eigenvalue weighted by atomic mass is 16.5. The molecule has 1 aromatic rings. The van der Waals surface area contributed by atoms with Gasteiger partial charge in [-0.1, -0.05) is 12.1 Å². The number of ether oxygens (including phenoxy) is 2. The SMILES string of the molecule is COc1cccc([C@@H](C)NC2CCOC(C)C2)c1. The average molecular weight is 249 g/mol. The molecule has 2 unspecified atom stereocenters. The van der Waals surface area contributed by atoms with Crippen LogP contribution in [-0.2, 0) is 4.74 Å². The van der Waals surface area contributed by atoms with Gasteiger partial charge in [0.25, 0.3) is 0 Å². The fourth-order valence-corrected chi connectivity index (χ4v) is 2.51. The van der Waals surface area contributed by atoms with Gasteiger partial charge in [-0.05, 0) is 44.4 Å². The van der Waals surface area contributed by atoms with Crippen LogP contribution in [0.5, 0.6) is 5.75 Å². The molecule has 0 aromatic heterocycles. The molecule has 1 saturated heterocycles. The summed E-state index contributed by atoms with van der Waals surface area (Å²) in [5.41, 5.74) is 1.27. The average Bonchev–Trinajstić information content (AvgIpc) is 2.39. The number of hydrogen-bond donors (Lipinski definition) is 1. The minimum atomic E-state index is 0.343. The molecule has 0 radical (unpaired) electrons. The van der Waals surface area contributed by atoms with Gasteiger partial charge in [0.15, 0.2) is 0 Å². The third kappa shape index (κ3) is 3.47. The Bertz CT molecular complexity index is 381. The first-order chi connectivity index (χ1) is 8.69. The first kappa shape index (κ1) is 13.4. The minimum absolute atomic E-state index is 0.343. The van der Waals surface area contributed by atoms with E-state index in [9.17, 15) is 0 Å². The predicted octanol–water partition coefficient (Wildman–Crippen LogP) is 2.91. The van der Waals surface area contributed by atoms with Gasteiger partial charge in [0, 0.05) is 18.7 Å². The van der Waals surface area contributed by atoms with Gasteiger partial charge in [-0.25, -0.2) is 0 Å². The number of methoxy groups -OCH3 is 1. The first-order valence-electron chi connectivity index (χ1n) is 6.70. The summed E-state index contributed by atoms with van der Waals surface area (Å²) in [6, 6.07) is 9.15. The van der Waals surface area contributed by atoms with Gasteiger partial charge in [0.1, 0.15) is 5.75 Å². The van der Waals surface area contributed by atoms with E-state index >= 15 is 0 Å². The van der Waals surface area contributed by atoms with E-state index in [4.69, 9.17) is 9.47 Å². The van der Waals surface area contributed by atoms with Gasteiger partial charge in [-0.3, -0.25) is 0 Å². The molecule has 1 aromatic carbocycles. The molecule has 3 heteroatoms. The van der Waals surface area contributed by atoms with Gasteiger partial charge in [-0.15, -0.1) is 0 Å². The van der Waals surface area contributed by atoms with E-state index in [1.807, 2.05) is 12.1 Å². The fraction of sp³-hybridized carbons (Fsp3) is 0.600. The zero-order valence-electron chi connectivity index (χ0n) is 11.5. The number of rotatable bonds is 4. The maximum absolute atomic E-state index is 5.57. The van der Waals surface area contributed by atoms with Crippen LogP contribution in [0.2, 0.25) is 0 Å². The van der Waals surface area contributed by atoms with Gasteiger partial charge in [-0.2, -0.15) is 0 Å². The molecule has 100 valence electrons. The van der Waals surface area contributed by atoms with Crippen molar-refractivity contribution in [2.24, 2.45) is 0 Å². The van der Waals surface area contributed by atoms with Crippen molar-refractivity contribution in [2.75, 3.05) is 13.7 Å². The number of hydrogen-bond acceptors (Lipinski definition) is 3. The lowest BCUT2D eigenvalue weighted by atomic mass is 10.0. The van der Waals surface area contributed by atoms with Crippen LogP contribution in [0.4, 0.5) is 0 Å². The molecule has 1 fully saturated rings. The van der Waals surface area contributed by atoms with Gasteiger partial charge in [0.2, 0.25) is 0 Å². The Labute approximate surface area is 109 Å². The molecule has 1 aliphatic heterocycles. The molecule has 0 bridgehead atoms. The molecule has 1 aliphatic rings. The summed E-state index contributed by atoms with van der Waals surface area (Å²) < 4.78 is 10.8. The molecule has 18 heavy (non-hydrogen) atoms. The Morgan fingerprint density at radius 2 is 2.28 bits per heavy atom. The van der Waals surface area contributed by atoms with Crippen molar-refractivity contribution in [2.45, 2.75) is 44.9 Å².